The van der Waals surface area contributed by atoms with Gasteiger partial charge in [-0.1, -0.05) is 44.0 Å². The quantitative estimate of drug-likeness (QED) is 0.572. The number of nitrogens with zero attached hydrogens (tertiary/aromatic N) is 2. The van der Waals surface area contributed by atoms with Gasteiger partial charge >= 0.3 is 0 Å². The minimum atomic E-state index is -0.898. The molecule has 136 valence electrons. The maximum atomic E-state index is 13.4. The molecule has 4 aliphatic heterocycles. The molecule has 6 rings (SSSR count). The first-order valence-electron chi connectivity index (χ1n) is 8.79. The lowest BCUT2D eigenvalue weighted by Gasteiger charge is -2.30. The Morgan fingerprint density at radius 1 is 0.857 bits per heavy atom. The second-order valence-electron chi connectivity index (χ2n) is 7.04. The van der Waals surface area contributed by atoms with Gasteiger partial charge in [0.15, 0.2) is 6.23 Å². The van der Waals surface area contributed by atoms with Crippen LogP contribution in [0, 0.1) is 0 Å². The largest absolute Gasteiger partial charge is 0.369 e. The fraction of sp³-hybridized carbons (Fsp3) is 0.0455. The Kier molecular flexibility index (Phi) is 3.29. The number of rotatable bonds is 0. The van der Waals surface area contributed by atoms with Crippen LogP contribution in [0.15, 0.2) is 68.9 Å². The van der Waals surface area contributed by atoms with Crippen LogP contribution in [-0.2, 0) is 4.79 Å². The summed E-state index contributed by atoms with van der Waals surface area (Å²) in [5.74, 6) is -0.101. The molecule has 2 aromatic carbocycles. The molecule has 0 aromatic heterocycles. The fourth-order valence-corrected chi connectivity index (χ4v) is 5.15. The van der Waals surface area contributed by atoms with Crippen molar-refractivity contribution >= 4 is 61.3 Å². The van der Waals surface area contributed by atoms with Crippen molar-refractivity contribution in [1.29, 1.82) is 0 Å². The molecule has 0 saturated carbocycles. The van der Waals surface area contributed by atoms with Crippen LogP contribution < -0.4 is 0 Å². The van der Waals surface area contributed by atoms with Crippen molar-refractivity contribution in [2.75, 3.05) is 0 Å². The van der Waals surface area contributed by atoms with E-state index in [-0.39, 0.29) is 5.91 Å². The van der Waals surface area contributed by atoms with Gasteiger partial charge in [0.05, 0.1) is 17.0 Å². The maximum Gasteiger partial charge on any atom is 0.265 e. The van der Waals surface area contributed by atoms with E-state index in [2.05, 4.69) is 31.9 Å². The Morgan fingerprint density at radius 3 is 2.14 bits per heavy atom. The van der Waals surface area contributed by atoms with Crippen LogP contribution in [0.1, 0.15) is 22.3 Å². The van der Waals surface area contributed by atoms with Crippen molar-refractivity contribution < 1.29 is 9.90 Å². The lowest BCUT2D eigenvalue weighted by Crippen LogP contribution is -2.29. The van der Waals surface area contributed by atoms with Gasteiger partial charge < -0.3 is 10.0 Å². The van der Waals surface area contributed by atoms with Crippen LogP contribution in [0.25, 0.3) is 23.5 Å². The number of aliphatic hydroxyl groups excluding tert-OH is 1. The molecule has 28 heavy (non-hydrogen) atoms. The van der Waals surface area contributed by atoms with Gasteiger partial charge in [-0.05, 0) is 47.5 Å². The van der Waals surface area contributed by atoms with Crippen molar-refractivity contribution in [2.24, 2.45) is 0 Å². The van der Waals surface area contributed by atoms with Gasteiger partial charge in [-0.3, -0.25) is 9.69 Å². The SMILES string of the molecule is O=C1C2=C3c4ccc(Br)cc4C=CN3C(O)C2=C2c3ccc(Br)cc3C=CN12. The number of carbonyl (C=O) groups excluding carboxylic acids is 1. The van der Waals surface area contributed by atoms with Crippen LogP contribution in [0.4, 0.5) is 0 Å². The first-order valence-corrected chi connectivity index (χ1v) is 10.4. The first-order chi connectivity index (χ1) is 13.5. The predicted molar refractivity (Wildman–Crippen MR) is 115 cm³/mol. The van der Waals surface area contributed by atoms with Crippen LogP contribution >= 0.6 is 31.9 Å². The molecule has 1 N–H and O–H groups in total. The number of carbonyl (C=O) groups is 1. The molecule has 4 aliphatic rings. The summed E-state index contributed by atoms with van der Waals surface area (Å²) >= 11 is 7.01. The number of hydrogen-bond donors (Lipinski definition) is 1. The van der Waals surface area contributed by atoms with Gasteiger partial charge in [0.25, 0.3) is 5.91 Å². The normalized spacial score (nSPS) is 21.1. The Labute approximate surface area is 178 Å². The van der Waals surface area contributed by atoms with E-state index in [4.69, 9.17) is 0 Å². The van der Waals surface area contributed by atoms with E-state index in [1.807, 2.05) is 54.8 Å². The van der Waals surface area contributed by atoms with Gasteiger partial charge in [0.1, 0.15) is 0 Å². The number of benzene rings is 2. The molecule has 0 aliphatic carbocycles. The summed E-state index contributed by atoms with van der Waals surface area (Å²) in [4.78, 5) is 16.8. The molecule has 4 nitrogen and oxygen atoms in total. The molecule has 6 heteroatoms. The highest BCUT2D eigenvalue weighted by Gasteiger charge is 2.49. The third-order valence-electron chi connectivity index (χ3n) is 5.57. The second kappa shape index (κ2) is 5.56. The standard InChI is InChI=1S/C22H12Br2N2O2/c23-13-1-3-15-11(9-13)5-7-25-19(15)17-18(22(25)28)20-16-4-2-14(24)10-12(16)6-8-26(20)21(17)27/h1-10,21,27H. The number of fused-ring (bicyclic) bond motifs is 7. The molecule has 0 saturated heterocycles. The zero-order valence-corrected chi connectivity index (χ0v) is 17.5. The zero-order valence-electron chi connectivity index (χ0n) is 14.4. The lowest BCUT2D eigenvalue weighted by molar-refractivity contribution is -0.121. The number of aliphatic hydroxyl groups is 1. The van der Waals surface area contributed by atoms with Crippen molar-refractivity contribution in [2.45, 2.75) is 6.23 Å². The average molecular weight is 496 g/mol. The summed E-state index contributed by atoms with van der Waals surface area (Å²) in [7, 11) is 0. The molecule has 0 bridgehead atoms. The van der Waals surface area contributed by atoms with E-state index >= 15 is 0 Å². The molecule has 4 heterocycles. The van der Waals surface area contributed by atoms with Crippen molar-refractivity contribution in [3.05, 3.63) is 91.1 Å². The second-order valence-corrected chi connectivity index (χ2v) is 8.87. The van der Waals surface area contributed by atoms with E-state index in [1.165, 1.54) is 0 Å². The van der Waals surface area contributed by atoms with Gasteiger partial charge in [0, 0.05) is 38.0 Å². The molecular formula is C22H12Br2N2O2. The number of hydrogen-bond acceptors (Lipinski definition) is 3. The van der Waals surface area contributed by atoms with E-state index in [0.717, 1.165) is 42.6 Å². The van der Waals surface area contributed by atoms with E-state index < -0.39 is 6.23 Å². The van der Waals surface area contributed by atoms with E-state index in [0.29, 0.717) is 11.1 Å². The minimum Gasteiger partial charge on any atom is -0.369 e. The molecular weight excluding hydrogens is 484 g/mol. The summed E-state index contributed by atoms with van der Waals surface area (Å²) in [6.07, 6.45) is 6.65. The molecule has 1 atom stereocenters. The number of amides is 1. The van der Waals surface area contributed by atoms with Crippen molar-refractivity contribution in [3.8, 4) is 0 Å². The summed E-state index contributed by atoms with van der Waals surface area (Å²) in [6, 6.07) is 11.9. The van der Waals surface area contributed by atoms with E-state index in [1.54, 1.807) is 16.0 Å². The smallest absolute Gasteiger partial charge is 0.265 e. The highest BCUT2D eigenvalue weighted by molar-refractivity contribution is 9.10. The van der Waals surface area contributed by atoms with Crippen molar-refractivity contribution in [1.82, 2.24) is 9.80 Å². The fourth-order valence-electron chi connectivity index (χ4n) is 4.39. The summed E-state index contributed by atoms with van der Waals surface area (Å²) < 4.78 is 1.95. The monoisotopic (exact) mass is 494 g/mol. The Morgan fingerprint density at radius 2 is 1.46 bits per heavy atom. The van der Waals surface area contributed by atoms with Crippen LogP contribution in [-0.4, -0.2) is 27.0 Å². The summed E-state index contributed by atoms with van der Waals surface area (Å²) in [5.41, 5.74) is 6.72. The highest BCUT2D eigenvalue weighted by atomic mass is 79.9. The Balaban J connectivity index is 1.67. The molecule has 1 unspecified atom stereocenters. The van der Waals surface area contributed by atoms with Crippen LogP contribution in [0.5, 0.6) is 0 Å². The Hall–Kier alpha value is -2.41. The van der Waals surface area contributed by atoms with Crippen LogP contribution in [0.3, 0.4) is 0 Å². The predicted octanol–water partition coefficient (Wildman–Crippen LogP) is 4.78. The minimum absolute atomic E-state index is 0.101. The zero-order chi connectivity index (χ0) is 19.2. The summed E-state index contributed by atoms with van der Waals surface area (Å²) in [6.45, 7) is 0. The highest BCUT2D eigenvalue weighted by Crippen LogP contribution is 2.52. The average Bonchev–Trinajstić information content (AvgIpc) is 3.14. The molecule has 1 amide bonds. The topological polar surface area (TPSA) is 43.8 Å². The van der Waals surface area contributed by atoms with Gasteiger partial charge in [0.2, 0.25) is 0 Å². The number of halogens is 2. The molecule has 0 fully saturated rings. The van der Waals surface area contributed by atoms with Gasteiger partial charge in [-0.15, -0.1) is 0 Å². The summed E-state index contributed by atoms with van der Waals surface area (Å²) in [5, 5.41) is 11.2. The first kappa shape index (κ1) is 16.5. The molecule has 0 radical (unpaired) electrons. The molecule has 2 aromatic rings. The molecule has 0 spiro atoms. The third-order valence-corrected chi connectivity index (χ3v) is 6.56. The van der Waals surface area contributed by atoms with Gasteiger partial charge in [-0.2, -0.15) is 0 Å². The van der Waals surface area contributed by atoms with E-state index in [9.17, 15) is 9.90 Å². The van der Waals surface area contributed by atoms with Gasteiger partial charge in [-0.25, -0.2) is 0 Å². The third kappa shape index (κ3) is 2.00. The lowest BCUT2D eigenvalue weighted by atomic mass is 9.96. The maximum absolute atomic E-state index is 13.4. The Bertz CT molecular complexity index is 1240. The van der Waals surface area contributed by atoms with Crippen molar-refractivity contribution in [3.63, 3.8) is 0 Å². The van der Waals surface area contributed by atoms with Crippen LogP contribution in [0.2, 0.25) is 0 Å².